The number of carboxylic acid groups (broad SMARTS) is 1. The summed E-state index contributed by atoms with van der Waals surface area (Å²) >= 11 is 0. The third-order valence-corrected chi connectivity index (χ3v) is 3.47. The van der Waals surface area contributed by atoms with E-state index in [2.05, 4.69) is 10.3 Å². The van der Waals surface area contributed by atoms with Crippen LogP contribution >= 0.6 is 0 Å². The number of pyridine rings is 1. The largest absolute Gasteiger partial charge is 0.477 e. The van der Waals surface area contributed by atoms with Crippen molar-refractivity contribution in [2.24, 2.45) is 0 Å². The number of nitrogens with one attached hydrogen (secondary N) is 1. The zero-order valence-corrected chi connectivity index (χ0v) is 10.4. The number of amides is 1. The Morgan fingerprint density at radius 1 is 1.42 bits per heavy atom. The minimum Gasteiger partial charge on any atom is -0.477 e. The number of aromatic nitrogens is 1. The van der Waals surface area contributed by atoms with Crippen molar-refractivity contribution in [2.45, 2.75) is 31.3 Å². The Bertz CT molecular complexity index is 528. The van der Waals surface area contributed by atoms with Gasteiger partial charge in [-0.15, -0.1) is 0 Å². The number of hydrogen-bond donors (Lipinski definition) is 2. The molecule has 1 aliphatic heterocycles. The van der Waals surface area contributed by atoms with Gasteiger partial charge in [0, 0.05) is 19.0 Å². The molecule has 2 aliphatic rings. The molecule has 1 unspecified atom stereocenters. The van der Waals surface area contributed by atoms with E-state index in [0.29, 0.717) is 24.8 Å². The van der Waals surface area contributed by atoms with Crippen molar-refractivity contribution in [2.75, 3.05) is 11.9 Å². The van der Waals surface area contributed by atoms with Gasteiger partial charge in [-0.05, 0) is 25.0 Å². The maximum atomic E-state index is 11.8. The van der Waals surface area contributed by atoms with E-state index in [1.54, 1.807) is 12.1 Å². The molecule has 1 amide bonds. The topological polar surface area (TPSA) is 82.5 Å². The average molecular weight is 261 g/mol. The summed E-state index contributed by atoms with van der Waals surface area (Å²) in [5, 5.41) is 12.0. The molecule has 100 valence electrons. The maximum Gasteiger partial charge on any atom is 0.354 e. The highest BCUT2D eigenvalue weighted by Crippen LogP contribution is 2.31. The molecule has 19 heavy (non-hydrogen) atoms. The summed E-state index contributed by atoms with van der Waals surface area (Å²) in [7, 11) is 0. The van der Waals surface area contributed by atoms with Crippen LogP contribution in [0.1, 0.15) is 29.8 Å². The SMILES string of the molecule is O=C(O)c1cccc(NC2CC(=O)N(C3CC3)C2)n1. The van der Waals surface area contributed by atoms with E-state index >= 15 is 0 Å². The molecule has 6 nitrogen and oxygen atoms in total. The summed E-state index contributed by atoms with van der Waals surface area (Å²) in [6.07, 6.45) is 2.66. The highest BCUT2D eigenvalue weighted by molar-refractivity contribution is 5.85. The number of anilines is 1. The predicted octanol–water partition coefficient (Wildman–Crippen LogP) is 0.955. The summed E-state index contributed by atoms with van der Waals surface area (Å²) in [6.45, 7) is 0.683. The zero-order valence-electron chi connectivity index (χ0n) is 10.4. The van der Waals surface area contributed by atoms with Crippen LogP contribution in [0, 0.1) is 0 Å². The monoisotopic (exact) mass is 261 g/mol. The van der Waals surface area contributed by atoms with Gasteiger partial charge in [0.05, 0.1) is 6.04 Å². The molecule has 1 atom stereocenters. The number of nitrogens with zero attached hydrogens (tertiary/aromatic N) is 2. The van der Waals surface area contributed by atoms with Gasteiger partial charge in [0.15, 0.2) is 5.69 Å². The summed E-state index contributed by atoms with van der Waals surface area (Å²) in [5.41, 5.74) is 0.00775. The number of hydrogen-bond acceptors (Lipinski definition) is 4. The summed E-state index contributed by atoms with van der Waals surface area (Å²) in [4.78, 5) is 28.6. The van der Waals surface area contributed by atoms with Gasteiger partial charge in [0.25, 0.3) is 0 Å². The molecule has 1 aliphatic carbocycles. The molecule has 3 rings (SSSR count). The number of carbonyl (C=O) groups excluding carboxylic acids is 1. The number of likely N-dealkylation sites (tertiary alicyclic amines) is 1. The Balaban J connectivity index is 1.67. The second kappa shape index (κ2) is 4.53. The molecular weight excluding hydrogens is 246 g/mol. The average Bonchev–Trinajstić information content (AvgIpc) is 3.15. The van der Waals surface area contributed by atoms with E-state index in [-0.39, 0.29) is 17.6 Å². The first-order valence-electron chi connectivity index (χ1n) is 6.40. The van der Waals surface area contributed by atoms with E-state index in [4.69, 9.17) is 5.11 Å². The molecule has 0 radical (unpaired) electrons. The van der Waals surface area contributed by atoms with Crippen LogP contribution in [0.4, 0.5) is 5.82 Å². The van der Waals surface area contributed by atoms with Crippen LogP contribution in [0.3, 0.4) is 0 Å². The van der Waals surface area contributed by atoms with Gasteiger partial charge in [-0.2, -0.15) is 0 Å². The molecule has 2 heterocycles. The minimum absolute atomic E-state index is 0.00775. The molecule has 2 fully saturated rings. The molecule has 6 heteroatoms. The van der Waals surface area contributed by atoms with E-state index in [0.717, 1.165) is 12.8 Å². The van der Waals surface area contributed by atoms with Gasteiger partial charge in [-0.1, -0.05) is 6.07 Å². The molecule has 1 saturated carbocycles. The molecule has 0 spiro atoms. The fourth-order valence-corrected chi connectivity index (χ4v) is 2.41. The van der Waals surface area contributed by atoms with Gasteiger partial charge in [0.2, 0.25) is 5.91 Å². The van der Waals surface area contributed by atoms with E-state index in [1.807, 2.05) is 4.90 Å². The lowest BCUT2D eigenvalue weighted by Crippen LogP contribution is -2.30. The fourth-order valence-electron chi connectivity index (χ4n) is 2.41. The first-order valence-corrected chi connectivity index (χ1v) is 6.40. The Morgan fingerprint density at radius 2 is 2.21 bits per heavy atom. The van der Waals surface area contributed by atoms with Crippen LogP contribution < -0.4 is 5.32 Å². The fraction of sp³-hybridized carbons (Fsp3) is 0.462. The van der Waals surface area contributed by atoms with E-state index in [1.165, 1.54) is 6.07 Å². The first kappa shape index (κ1) is 12.0. The molecule has 1 aromatic rings. The molecule has 0 bridgehead atoms. The Hall–Kier alpha value is -2.11. The van der Waals surface area contributed by atoms with Gasteiger partial charge < -0.3 is 15.3 Å². The minimum atomic E-state index is -1.05. The van der Waals surface area contributed by atoms with Crippen molar-refractivity contribution in [3.05, 3.63) is 23.9 Å². The van der Waals surface area contributed by atoms with E-state index < -0.39 is 5.97 Å². The third kappa shape index (κ3) is 2.52. The normalized spacial score (nSPS) is 22.6. The second-order valence-electron chi connectivity index (χ2n) is 5.04. The highest BCUT2D eigenvalue weighted by atomic mass is 16.4. The highest BCUT2D eigenvalue weighted by Gasteiger charge is 2.39. The predicted molar refractivity (Wildman–Crippen MR) is 68.0 cm³/mol. The lowest BCUT2D eigenvalue weighted by molar-refractivity contribution is -0.128. The van der Waals surface area contributed by atoms with Crippen LogP contribution in [0.5, 0.6) is 0 Å². The lowest BCUT2D eigenvalue weighted by Gasteiger charge is -2.16. The Kier molecular flexibility index (Phi) is 2.85. The van der Waals surface area contributed by atoms with Crippen LogP contribution in [0.15, 0.2) is 18.2 Å². The van der Waals surface area contributed by atoms with Crippen molar-refractivity contribution in [1.29, 1.82) is 0 Å². The molecule has 1 aromatic heterocycles. The van der Waals surface area contributed by atoms with Crippen molar-refractivity contribution in [3.63, 3.8) is 0 Å². The van der Waals surface area contributed by atoms with Gasteiger partial charge in [-0.3, -0.25) is 4.79 Å². The smallest absolute Gasteiger partial charge is 0.354 e. The maximum absolute atomic E-state index is 11.8. The van der Waals surface area contributed by atoms with Crippen molar-refractivity contribution < 1.29 is 14.7 Å². The zero-order chi connectivity index (χ0) is 13.4. The number of rotatable bonds is 4. The Morgan fingerprint density at radius 3 is 2.89 bits per heavy atom. The van der Waals surface area contributed by atoms with Crippen LogP contribution in [0.2, 0.25) is 0 Å². The van der Waals surface area contributed by atoms with Crippen LogP contribution in [-0.2, 0) is 4.79 Å². The lowest BCUT2D eigenvalue weighted by atomic mass is 10.2. The quantitative estimate of drug-likeness (QED) is 0.843. The second-order valence-corrected chi connectivity index (χ2v) is 5.04. The van der Waals surface area contributed by atoms with Gasteiger partial charge >= 0.3 is 5.97 Å². The molecule has 2 N–H and O–H groups in total. The van der Waals surface area contributed by atoms with Crippen LogP contribution in [0.25, 0.3) is 0 Å². The standard InChI is InChI=1S/C13H15N3O3/c17-12-6-8(7-16(12)9-4-5-9)14-11-3-1-2-10(15-11)13(18)19/h1-3,8-9H,4-7H2,(H,14,15)(H,18,19). The number of aromatic carboxylic acids is 1. The van der Waals surface area contributed by atoms with Crippen molar-refractivity contribution in [3.8, 4) is 0 Å². The molecular formula is C13H15N3O3. The Labute approximate surface area is 110 Å². The molecule has 1 saturated heterocycles. The van der Waals surface area contributed by atoms with Gasteiger partial charge in [0.1, 0.15) is 5.82 Å². The van der Waals surface area contributed by atoms with E-state index in [9.17, 15) is 9.59 Å². The number of carboxylic acids is 1. The van der Waals surface area contributed by atoms with Crippen molar-refractivity contribution >= 4 is 17.7 Å². The van der Waals surface area contributed by atoms with Crippen molar-refractivity contribution in [1.82, 2.24) is 9.88 Å². The first-order chi connectivity index (χ1) is 9.13. The number of carbonyl (C=O) groups is 2. The summed E-state index contributed by atoms with van der Waals surface area (Å²) in [5.74, 6) is -0.365. The van der Waals surface area contributed by atoms with Crippen LogP contribution in [-0.4, -0.2) is 45.5 Å². The summed E-state index contributed by atoms with van der Waals surface area (Å²) in [6, 6.07) is 5.26. The molecule has 0 aromatic carbocycles. The third-order valence-electron chi connectivity index (χ3n) is 3.47. The van der Waals surface area contributed by atoms with Gasteiger partial charge in [-0.25, -0.2) is 9.78 Å². The summed E-state index contributed by atoms with van der Waals surface area (Å²) < 4.78 is 0.